The third-order valence-electron chi connectivity index (χ3n) is 4.64. The van der Waals surface area contributed by atoms with Crippen LogP contribution in [0, 0.1) is 0 Å². The van der Waals surface area contributed by atoms with Gasteiger partial charge in [0.2, 0.25) is 0 Å². The molecule has 2 fully saturated rings. The van der Waals surface area contributed by atoms with Gasteiger partial charge in [0.25, 0.3) is 5.91 Å². The van der Waals surface area contributed by atoms with E-state index in [2.05, 4.69) is 10.3 Å². The van der Waals surface area contributed by atoms with Crippen LogP contribution in [0.15, 0.2) is 36.4 Å². The van der Waals surface area contributed by atoms with Crippen LogP contribution >= 0.6 is 35.4 Å². The minimum Gasteiger partial charge on any atom is -0.377 e. The van der Waals surface area contributed by atoms with Gasteiger partial charge in [0.05, 0.1) is 30.0 Å². The average molecular weight is 439 g/mol. The zero-order valence-electron chi connectivity index (χ0n) is 14.5. The Kier molecular flexibility index (Phi) is 5.39. The molecule has 0 radical (unpaired) electrons. The molecule has 3 heterocycles. The van der Waals surface area contributed by atoms with E-state index in [0.717, 1.165) is 0 Å². The van der Waals surface area contributed by atoms with Crippen molar-refractivity contribution in [1.29, 1.82) is 0 Å². The van der Waals surface area contributed by atoms with E-state index in [-0.39, 0.29) is 16.9 Å². The van der Waals surface area contributed by atoms with E-state index in [4.69, 9.17) is 40.2 Å². The molecule has 2 N–H and O–H groups in total. The molecule has 2 atom stereocenters. The van der Waals surface area contributed by atoms with E-state index in [9.17, 15) is 9.90 Å². The Hall–Kier alpha value is -1.97. The average Bonchev–Trinajstić information content (AvgIpc) is 2.93. The highest BCUT2D eigenvalue weighted by Crippen LogP contribution is 2.36. The predicted molar refractivity (Wildman–Crippen MR) is 111 cm³/mol. The number of hydrogen-bond donors (Lipinski definition) is 2. The SMILES string of the molecule is O=C(Nc1ccc(N2C(=S)N3CCOCC3C2O)c(Cl)c1)c1cccc(Cl)n1. The van der Waals surface area contributed by atoms with Gasteiger partial charge in [-0.2, -0.15) is 0 Å². The van der Waals surface area contributed by atoms with Gasteiger partial charge in [0.1, 0.15) is 10.8 Å². The molecule has 1 amide bonds. The second kappa shape index (κ2) is 7.81. The second-order valence-corrected chi connectivity index (χ2v) is 7.53. The Labute approximate surface area is 176 Å². The number of carbonyl (C=O) groups excluding carboxylic acids is 1. The quantitative estimate of drug-likeness (QED) is 0.563. The molecule has 0 saturated carbocycles. The molecule has 2 aliphatic heterocycles. The van der Waals surface area contributed by atoms with Crippen LogP contribution in [0.1, 0.15) is 10.5 Å². The van der Waals surface area contributed by atoms with Crippen molar-refractivity contribution in [2.75, 3.05) is 30.0 Å². The summed E-state index contributed by atoms with van der Waals surface area (Å²) in [6.45, 7) is 1.58. The van der Waals surface area contributed by atoms with E-state index in [1.807, 2.05) is 4.90 Å². The fourth-order valence-corrected chi connectivity index (χ4v) is 4.15. The topological polar surface area (TPSA) is 77.9 Å². The number of anilines is 2. The lowest BCUT2D eigenvalue weighted by atomic mass is 10.2. The minimum atomic E-state index is -0.860. The summed E-state index contributed by atoms with van der Waals surface area (Å²) >= 11 is 17.8. The van der Waals surface area contributed by atoms with Crippen molar-refractivity contribution in [3.05, 3.63) is 52.3 Å². The van der Waals surface area contributed by atoms with Crippen LogP contribution in [0.4, 0.5) is 11.4 Å². The second-order valence-electron chi connectivity index (χ2n) is 6.37. The number of pyridine rings is 1. The number of amides is 1. The van der Waals surface area contributed by atoms with E-state index >= 15 is 0 Å². The fourth-order valence-electron chi connectivity index (χ4n) is 3.29. The number of rotatable bonds is 3. The van der Waals surface area contributed by atoms with Gasteiger partial charge in [-0.15, -0.1) is 0 Å². The minimum absolute atomic E-state index is 0.195. The van der Waals surface area contributed by atoms with Crippen molar-refractivity contribution in [3.63, 3.8) is 0 Å². The van der Waals surface area contributed by atoms with Crippen molar-refractivity contribution >= 4 is 57.8 Å². The lowest BCUT2D eigenvalue weighted by Gasteiger charge is -2.29. The van der Waals surface area contributed by atoms with Gasteiger partial charge < -0.3 is 20.1 Å². The summed E-state index contributed by atoms with van der Waals surface area (Å²) in [5, 5.41) is 14.5. The molecule has 2 unspecified atom stereocenters. The number of fused-ring (bicyclic) bond motifs is 1. The lowest BCUT2D eigenvalue weighted by Crippen LogP contribution is -2.46. The predicted octanol–water partition coefficient (Wildman–Crippen LogP) is 2.76. The maximum atomic E-state index is 12.3. The molecule has 146 valence electrons. The molecular weight excluding hydrogens is 423 g/mol. The third kappa shape index (κ3) is 3.54. The van der Waals surface area contributed by atoms with E-state index < -0.39 is 12.1 Å². The van der Waals surface area contributed by atoms with Gasteiger partial charge in [-0.1, -0.05) is 29.3 Å². The zero-order valence-corrected chi connectivity index (χ0v) is 16.8. The molecular formula is C18H16Cl2N4O3S. The number of nitrogens with one attached hydrogen (secondary N) is 1. The monoisotopic (exact) mass is 438 g/mol. The number of nitrogens with zero attached hydrogens (tertiary/aromatic N) is 3. The normalized spacial score (nSPS) is 21.6. The Morgan fingerprint density at radius 2 is 2.14 bits per heavy atom. The molecule has 2 aromatic rings. The molecule has 28 heavy (non-hydrogen) atoms. The van der Waals surface area contributed by atoms with Gasteiger partial charge in [0.15, 0.2) is 11.3 Å². The molecule has 1 aromatic heterocycles. The summed E-state index contributed by atoms with van der Waals surface area (Å²) < 4.78 is 5.45. The Morgan fingerprint density at radius 3 is 2.86 bits per heavy atom. The molecule has 0 aliphatic carbocycles. The summed E-state index contributed by atoms with van der Waals surface area (Å²) in [7, 11) is 0. The van der Waals surface area contributed by atoms with Gasteiger partial charge in [-0.25, -0.2) is 4.98 Å². The summed E-state index contributed by atoms with van der Waals surface area (Å²) in [6.07, 6.45) is -0.860. The summed E-state index contributed by atoms with van der Waals surface area (Å²) in [6, 6.07) is 9.56. The summed E-state index contributed by atoms with van der Waals surface area (Å²) in [5.74, 6) is -0.405. The number of aliphatic hydroxyl groups excluding tert-OH is 1. The molecule has 4 rings (SSSR count). The van der Waals surface area contributed by atoms with Crippen molar-refractivity contribution in [2.24, 2.45) is 0 Å². The molecule has 0 bridgehead atoms. The van der Waals surface area contributed by atoms with Crippen LogP contribution in [0.25, 0.3) is 0 Å². The largest absolute Gasteiger partial charge is 0.377 e. The van der Waals surface area contributed by atoms with Gasteiger partial charge in [-0.3, -0.25) is 9.69 Å². The zero-order chi connectivity index (χ0) is 19.8. The number of halogens is 2. The highest BCUT2D eigenvalue weighted by molar-refractivity contribution is 7.80. The van der Waals surface area contributed by atoms with Crippen molar-refractivity contribution in [1.82, 2.24) is 9.88 Å². The highest BCUT2D eigenvalue weighted by atomic mass is 35.5. The smallest absolute Gasteiger partial charge is 0.274 e. The molecule has 7 nitrogen and oxygen atoms in total. The summed E-state index contributed by atoms with van der Waals surface area (Å²) in [5.41, 5.74) is 1.24. The van der Waals surface area contributed by atoms with Crippen LogP contribution in [-0.4, -0.2) is 58.0 Å². The molecule has 1 aromatic carbocycles. The van der Waals surface area contributed by atoms with Crippen LogP contribution in [-0.2, 0) is 4.74 Å². The number of hydrogen-bond acceptors (Lipinski definition) is 5. The number of ether oxygens (including phenoxy) is 1. The molecule has 2 aliphatic rings. The first-order valence-electron chi connectivity index (χ1n) is 8.55. The maximum absolute atomic E-state index is 12.3. The van der Waals surface area contributed by atoms with Gasteiger partial charge in [0, 0.05) is 12.2 Å². The van der Waals surface area contributed by atoms with E-state index in [1.54, 1.807) is 41.3 Å². The Morgan fingerprint density at radius 1 is 1.32 bits per heavy atom. The number of morpholine rings is 1. The number of benzene rings is 1. The standard InChI is InChI=1S/C18H16Cl2N4O3S/c19-11-8-10(21-16(25)12-2-1-3-15(20)22-12)4-5-13(11)24-17(26)14-9-27-7-6-23(14)18(24)28/h1-5,8,14,17,26H,6-7,9H2,(H,21,25). The van der Waals surface area contributed by atoms with Crippen molar-refractivity contribution in [3.8, 4) is 0 Å². The first kappa shape index (κ1) is 19.4. The van der Waals surface area contributed by atoms with Crippen molar-refractivity contribution in [2.45, 2.75) is 12.3 Å². The number of carbonyl (C=O) groups is 1. The Balaban J connectivity index is 1.55. The van der Waals surface area contributed by atoms with Crippen LogP contribution in [0.2, 0.25) is 10.2 Å². The molecule has 10 heteroatoms. The fraction of sp³-hybridized carbons (Fsp3) is 0.278. The van der Waals surface area contributed by atoms with Gasteiger partial charge >= 0.3 is 0 Å². The molecule has 0 spiro atoms. The van der Waals surface area contributed by atoms with Crippen LogP contribution in [0.5, 0.6) is 0 Å². The van der Waals surface area contributed by atoms with Crippen molar-refractivity contribution < 1.29 is 14.6 Å². The first-order chi connectivity index (χ1) is 13.5. The highest BCUT2D eigenvalue weighted by Gasteiger charge is 2.45. The lowest BCUT2D eigenvalue weighted by molar-refractivity contribution is -0.00746. The van der Waals surface area contributed by atoms with Crippen LogP contribution < -0.4 is 10.2 Å². The van der Waals surface area contributed by atoms with E-state index in [1.165, 1.54) is 0 Å². The number of aliphatic hydroxyl groups is 1. The van der Waals surface area contributed by atoms with Crippen LogP contribution in [0.3, 0.4) is 0 Å². The number of thiocarbonyl (C=S) groups is 1. The number of aromatic nitrogens is 1. The Bertz CT molecular complexity index is 945. The maximum Gasteiger partial charge on any atom is 0.274 e. The van der Waals surface area contributed by atoms with Gasteiger partial charge in [-0.05, 0) is 42.5 Å². The first-order valence-corrected chi connectivity index (χ1v) is 9.71. The summed E-state index contributed by atoms with van der Waals surface area (Å²) in [4.78, 5) is 19.9. The van der Waals surface area contributed by atoms with E-state index in [0.29, 0.717) is 41.3 Å². The molecule has 2 saturated heterocycles. The third-order valence-corrected chi connectivity index (χ3v) is 5.58.